The van der Waals surface area contributed by atoms with Gasteiger partial charge in [0, 0.05) is 43.0 Å². The van der Waals surface area contributed by atoms with Crippen LogP contribution in [0.2, 0.25) is 0 Å². The number of sulfonamides is 1. The summed E-state index contributed by atoms with van der Waals surface area (Å²) >= 11 is 0. The Bertz CT molecular complexity index is 1380. The maximum Gasteiger partial charge on any atom is 0.243 e. The van der Waals surface area contributed by atoms with Gasteiger partial charge in [0.15, 0.2) is 0 Å². The van der Waals surface area contributed by atoms with Crippen molar-refractivity contribution in [2.45, 2.75) is 55.4 Å². The molecule has 0 unspecified atom stereocenters. The lowest BCUT2D eigenvalue weighted by atomic mass is 10.0. The molecule has 37 heavy (non-hydrogen) atoms. The van der Waals surface area contributed by atoms with Gasteiger partial charge in [-0.25, -0.2) is 8.42 Å². The van der Waals surface area contributed by atoms with Gasteiger partial charge in [0.05, 0.1) is 22.4 Å². The molecule has 192 valence electrons. The first-order valence-corrected chi connectivity index (χ1v) is 13.9. The van der Waals surface area contributed by atoms with Crippen molar-refractivity contribution in [2.24, 2.45) is 5.92 Å². The third-order valence-electron chi connectivity index (χ3n) is 7.14. The Morgan fingerprint density at radius 3 is 2.65 bits per heavy atom. The molecule has 1 amide bonds. The van der Waals surface area contributed by atoms with Crippen molar-refractivity contribution in [1.29, 1.82) is 5.26 Å². The highest BCUT2D eigenvalue weighted by Crippen LogP contribution is 2.43. The molecule has 1 aromatic carbocycles. The molecule has 3 atom stereocenters. The van der Waals surface area contributed by atoms with E-state index in [1.807, 2.05) is 12.1 Å². The standard InChI is InChI=1S/C26H28N6O4S/c27-16-18-7-9-21(10-8-18)37(34,35)32-13-4-2-1-3-12-29-25(33)22-14-20(15-23(22)32)26-30-24(31-36-26)19-6-5-11-28-17-19/h5-11,17,20,22-23H,1-4,12-15H2,(H,29,33)/t20-,22-,23+/m1/s1. The van der Waals surface area contributed by atoms with Gasteiger partial charge in [0.2, 0.25) is 27.6 Å². The monoisotopic (exact) mass is 520 g/mol. The van der Waals surface area contributed by atoms with Crippen molar-refractivity contribution in [3.05, 3.63) is 60.2 Å². The number of rotatable bonds is 4. The van der Waals surface area contributed by atoms with Crippen LogP contribution >= 0.6 is 0 Å². The van der Waals surface area contributed by atoms with Gasteiger partial charge in [0.25, 0.3) is 0 Å². The fourth-order valence-corrected chi connectivity index (χ4v) is 6.93. The van der Waals surface area contributed by atoms with Gasteiger partial charge in [-0.1, -0.05) is 18.0 Å². The summed E-state index contributed by atoms with van der Waals surface area (Å²) in [5, 5.41) is 16.2. The van der Waals surface area contributed by atoms with E-state index in [2.05, 4.69) is 20.4 Å². The van der Waals surface area contributed by atoms with E-state index in [1.54, 1.807) is 18.5 Å². The van der Waals surface area contributed by atoms with Crippen molar-refractivity contribution in [3.63, 3.8) is 0 Å². The number of nitrogens with zero attached hydrogens (tertiary/aromatic N) is 5. The quantitative estimate of drug-likeness (QED) is 0.552. The normalized spacial score (nSPS) is 23.4. The number of fused-ring (bicyclic) bond motifs is 1. The van der Waals surface area contributed by atoms with Gasteiger partial charge in [-0.2, -0.15) is 14.6 Å². The summed E-state index contributed by atoms with van der Waals surface area (Å²) in [7, 11) is -3.92. The lowest BCUT2D eigenvalue weighted by Gasteiger charge is -2.31. The molecular weight excluding hydrogens is 492 g/mol. The number of aromatic nitrogens is 3. The predicted molar refractivity (Wildman–Crippen MR) is 133 cm³/mol. The fourth-order valence-electron chi connectivity index (χ4n) is 5.22. The maximum atomic E-state index is 13.9. The Labute approximate surface area is 215 Å². The molecule has 2 fully saturated rings. The maximum absolute atomic E-state index is 13.9. The Balaban J connectivity index is 1.48. The van der Waals surface area contributed by atoms with Crippen LogP contribution in [0.3, 0.4) is 0 Å². The summed E-state index contributed by atoms with van der Waals surface area (Å²) in [4.78, 5) is 22.0. The molecule has 1 saturated carbocycles. The molecule has 0 spiro atoms. The second-order valence-electron chi connectivity index (χ2n) is 9.50. The molecule has 2 aliphatic rings. The summed E-state index contributed by atoms with van der Waals surface area (Å²) in [6, 6.07) is 11.0. The molecule has 0 radical (unpaired) electrons. The van der Waals surface area contributed by atoms with Crippen molar-refractivity contribution >= 4 is 15.9 Å². The first-order chi connectivity index (χ1) is 18.0. The van der Waals surface area contributed by atoms with E-state index in [0.29, 0.717) is 55.2 Å². The summed E-state index contributed by atoms with van der Waals surface area (Å²) in [6.07, 6.45) is 7.44. The van der Waals surface area contributed by atoms with Crippen LogP contribution in [0.25, 0.3) is 11.4 Å². The van der Waals surface area contributed by atoms with E-state index < -0.39 is 22.0 Å². The first-order valence-electron chi connectivity index (χ1n) is 12.5. The molecule has 5 rings (SSSR count). The average molecular weight is 521 g/mol. The number of hydrogen-bond donors (Lipinski definition) is 1. The highest BCUT2D eigenvalue weighted by molar-refractivity contribution is 7.89. The van der Waals surface area contributed by atoms with Crippen molar-refractivity contribution < 1.29 is 17.7 Å². The number of nitriles is 1. The number of hydrogen-bond acceptors (Lipinski definition) is 8. The minimum atomic E-state index is -3.92. The van der Waals surface area contributed by atoms with E-state index in [1.165, 1.54) is 28.6 Å². The van der Waals surface area contributed by atoms with E-state index in [4.69, 9.17) is 9.78 Å². The molecule has 0 bridgehead atoms. The molecule has 1 aliphatic heterocycles. The summed E-state index contributed by atoms with van der Waals surface area (Å²) in [6.45, 7) is 0.884. The summed E-state index contributed by atoms with van der Waals surface area (Å²) in [5.41, 5.74) is 1.10. The Hall–Kier alpha value is -3.62. The van der Waals surface area contributed by atoms with Crippen LogP contribution in [0, 0.1) is 17.2 Å². The van der Waals surface area contributed by atoms with Crippen molar-refractivity contribution in [3.8, 4) is 17.5 Å². The van der Waals surface area contributed by atoms with Crippen LogP contribution in [0.15, 0.2) is 58.2 Å². The molecular formula is C26H28N6O4S. The number of carbonyl (C=O) groups is 1. The Morgan fingerprint density at radius 2 is 1.89 bits per heavy atom. The van der Waals surface area contributed by atoms with Gasteiger partial charge in [-0.3, -0.25) is 9.78 Å². The highest BCUT2D eigenvalue weighted by atomic mass is 32.2. The van der Waals surface area contributed by atoms with Crippen LogP contribution < -0.4 is 5.32 Å². The first kappa shape index (κ1) is 25.0. The highest BCUT2D eigenvalue weighted by Gasteiger charge is 2.47. The summed E-state index contributed by atoms with van der Waals surface area (Å²) in [5.74, 6) is -0.169. The second kappa shape index (κ2) is 10.8. The van der Waals surface area contributed by atoms with E-state index >= 15 is 0 Å². The van der Waals surface area contributed by atoms with Crippen LogP contribution in [0.4, 0.5) is 0 Å². The Morgan fingerprint density at radius 1 is 1.08 bits per heavy atom. The molecule has 1 aliphatic carbocycles. The van der Waals surface area contributed by atoms with Gasteiger partial charge >= 0.3 is 0 Å². The molecule has 11 heteroatoms. The molecule has 1 saturated heterocycles. The van der Waals surface area contributed by atoms with Crippen molar-refractivity contribution in [1.82, 2.24) is 24.7 Å². The number of nitrogens with one attached hydrogen (secondary N) is 1. The smallest absolute Gasteiger partial charge is 0.243 e. The molecule has 2 aromatic heterocycles. The van der Waals surface area contributed by atoms with Crippen LogP contribution in [0.1, 0.15) is 55.9 Å². The number of carbonyl (C=O) groups excluding carboxylic acids is 1. The summed E-state index contributed by atoms with van der Waals surface area (Å²) < 4.78 is 34.8. The number of amides is 1. The lowest BCUT2D eigenvalue weighted by molar-refractivity contribution is -0.125. The minimum Gasteiger partial charge on any atom is -0.356 e. The lowest BCUT2D eigenvalue weighted by Crippen LogP contribution is -2.47. The number of benzene rings is 1. The van der Waals surface area contributed by atoms with E-state index in [-0.39, 0.29) is 16.7 Å². The SMILES string of the molecule is N#Cc1ccc(S(=O)(=O)N2CCCCCCNC(=O)[C@@H]3C[C@@H](c4nc(-c5cccnc5)no4)C[C@@H]32)cc1. The zero-order valence-corrected chi connectivity index (χ0v) is 21.1. The van der Waals surface area contributed by atoms with Gasteiger partial charge in [-0.15, -0.1) is 0 Å². The van der Waals surface area contributed by atoms with E-state index in [0.717, 1.165) is 19.3 Å². The van der Waals surface area contributed by atoms with E-state index in [9.17, 15) is 13.2 Å². The fraction of sp³-hybridized carbons (Fsp3) is 0.423. The third kappa shape index (κ3) is 5.26. The average Bonchev–Trinajstić information content (AvgIpc) is 3.58. The largest absolute Gasteiger partial charge is 0.356 e. The van der Waals surface area contributed by atoms with Gasteiger partial charge in [-0.05, 0) is 62.1 Å². The zero-order valence-electron chi connectivity index (χ0n) is 20.3. The van der Waals surface area contributed by atoms with Gasteiger partial charge < -0.3 is 9.84 Å². The molecule has 10 nitrogen and oxygen atoms in total. The zero-order chi connectivity index (χ0) is 25.8. The second-order valence-corrected chi connectivity index (χ2v) is 11.4. The molecule has 3 aromatic rings. The number of pyridine rings is 1. The topological polar surface area (TPSA) is 142 Å². The Kier molecular flexibility index (Phi) is 7.30. The van der Waals surface area contributed by atoms with Gasteiger partial charge in [0.1, 0.15) is 0 Å². The molecule has 3 heterocycles. The van der Waals surface area contributed by atoms with Crippen LogP contribution in [0.5, 0.6) is 0 Å². The minimum absolute atomic E-state index is 0.112. The predicted octanol–water partition coefficient (Wildman–Crippen LogP) is 3.25. The van der Waals surface area contributed by atoms with Crippen molar-refractivity contribution in [2.75, 3.05) is 13.1 Å². The third-order valence-corrected chi connectivity index (χ3v) is 9.08. The molecule has 1 N–H and O–H groups in total. The van der Waals surface area contributed by atoms with Crippen LogP contribution in [-0.2, 0) is 14.8 Å². The van der Waals surface area contributed by atoms with Crippen LogP contribution in [-0.4, -0.2) is 52.9 Å².